The van der Waals surface area contributed by atoms with E-state index in [2.05, 4.69) is 0 Å². The number of carbonyl (C=O) groups is 3. The summed E-state index contributed by atoms with van der Waals surface area (Å²) >= 11 is 0. The third-order valence-electron chi connectivity index (χ3n) is 1.49. The van der Waals surface area contributed by atoms with Crippen molar-refractivity contribution in [3.8, 4) is 0 Å². The molecule has 0 aromatic carbocycles. The van der Waals surface area contributed by atoms with Gasteiger partial charge in [0, 0.05) is 12.8 Å². The van der Waals surface area contributed by atoms with Crippen molar-refractivity contribution in [3.63, 3.8) is 0 Å². The predicted molar refractivity (Wildman–Crippen MR) is 33.4 cm³/mol. The van der Waals surface area contributed by atoms with Crippen LogP contribution in [0.2, 0.25) is 0 Å². The zero-order valence-corrected chi connectivity index (χ0v) is 5.72. The first-order valence-corrected chi connectivity index (χ1v) is 3.22. The fraction of sp³-hybridized carbons (Fsp3) is 0.571. The Morgan fingerprint density at radius 1 is 1.20 bits per heavy atom. The summed E-state index contributed by atoms with van der Waals surface area (Å²) in [5.41, 5.74) is 0. The van der Waals surface area contributed by atoms with Crippen molar-refractivity contribution in [2.45, 2.75) is 19.8 Å². The van der Waals surface area contributed by atoms with Crippen LogP contribution in [0.15, 0.2) is 0 Å². The van der Waals surface area contributed by atoms with E-state index in [1.54, 1.807) is 0 Å². The van der Waals surface area contributed by atoms with Gasteiger partial charge in [-0.2, -0.15) is 0 Å². The first-order valence-electron chi connectivity index (χ1n) is 3.22. The zero-order chi connectivity index (χ0) is 7.72. The van der Waals surface area contributed by atoms with Gasteiger partial charge < -0.3 is 0 Å². The van der Waals surface area contributed by atoms with Gasteiger partial charge in [0.2, 0.25) is 11.6 Å². The predicted octanol–water partition coefficient (Wildman–Crippen LogP) is 0.124. The molecule has 0 aliphatic heterocycles. The standard InChI is InChI=1S/C7H8O3/c1-4(8)6(9)7(10)5-2-3-5/h5H,2-3H2,1H3. The Bertz CT molecular complexity index is 201. The molecule has 0 amide bonds. The molecule has 0 heterocycles. The lowest BCUT2D eigenvalue weighted by Gasteiger charge is -1.89. The lowest BCUT2D eigenvalue weighted by molar-refractivity contribution is -0.143. The van der Waals surface area contributed by atoms with Crippen molar-refractivity contribution in [1.29, 1.82) is 0 Å². The van der Waals surface area contributed by atoms with Crippen molar-refractivity contribution < 1.29 is 14.4 Å². The topological polar surface area (TPSA) is 51.2 Å². The van der Waals surface area contributed by atoms with E-state index in [0.29, 0.717) is 0 Å². The smallest absolute Gasteiger partial charge is 0.264 e. The summed E-state index contributed by atoms with van der Waals surface area (Å²) in [6.45, 7) is 1.13. The molecule has 1 aliphatic rings. The maximum absolute atomic E-state index is 10.8. The van der Waals surface area contributed by atoms with Gasteiger partial charge in [-0.15, -0.1) is 0 Å². The van der Waals surface area contributed by atoms with Gasteiger partial charge in [-0.05, 0) is 12.8 Å². The molecule has 10 heavy (non-hydrogen) atoms. The monoisotopic (exact) mass is 140 g/mol. The van der Waals surface area contributed by atoms with Crippen molar-refractivity contribution in [1.82, 2.24) is 0 Å². The maximum atomic E-state index is 10.8. The molecule has 3 nitrogen and oxygen atoms in total. The number of hydrogen-bond acceptors (Lipinski definition) is 3. The number of ketones is 3. The van der Waals surface area contributed by atoms with Crippen LogP contribution < -0.4 is 0 Å². The number of Topliss-reactive ketones (excluding diaryl/α,β-unsaturated/α-hetero) is 3. The Kier molecular flexibility index (Phi) is 1.66. The Labute approximate surface area is 58.4 Å². The van der Waals surface area contributed by atoms with Crippen molar-refractivity contribution in [2.24, 2.45) is 5.92 Å². The molecule has 1 aliphatic carbocycles. The molecular weight excluding hydrogens is 132 g/mol. The summed E-state index contributed by atoms with van der Waals surface area (Å²) in [6.07, 6.45) is 1.55. The molecule has 0 spiro atoms. The number of rotatable bonds is 3. The van der Waals surface area contributed by atoms with Gasteiger partial charge in [0.25, 0.3) is 5.78 Å². The van der Waals surface area contributed by atoms with Gasteiger partial charge in [0.05, 0.1) is 0 Å². The average Bonchev–Trinajstić information content (AvgIpc) is 2.65. The largest absolute Gasteiger partial charge is 0.291 e. The number of hydrogen-bond donors (Lipinski definition) is 0. The highest BCUT2D eigenvalue weighted by atomic mass is 16.2. The Balaban J connectivity index is 2.55. The molecule has 0 atom stereocenters. The lowest BCUT2D eigenvalue weighted by atomic mass is 10.1. The van der Waals surface area contributed by atoms with Crippen molar-refractivity contribution >= 4 is 17.3 Å². The molecule has 0 saturated heterocycles. The zero-order valence-electron chi connectivity index (χ0n) is 5.72. The average molecular weight is 140 g/mol. The van der Waals surface area contributed by atoms with Gasteiger partial charge in [-0.3, -0.25) is 14.4 Å². The highest BCUT2D eigenvalue weighted by Gasteiger charge is 2.35. The van der Waals surface area contributed by atoms with Gasteiger partial charge in [0.1, 0.15) is 0 Å². The van der Waals surface area contributed by atoms with Crippen LogP contribution in [0.5, 0.6) is 0 Å². The van der Waals surface area contributed by atoms with E-state index in [4.69, 9.17) is 0 Å². The molecule has 1 rings (SSSR count). The molecule has 1 saturated carbocycles. The second kappa shape index (κ2) is 2.33. The minimum atomic E-state index is -0.831. The first-order chi connectivity index (χ1) is 4.63. The van der Waals surface area contributed by atoms with Gasteiger partial charge in [-0.1, -0.05) is 0 Å². The summed E-state index contributed by atoms with van der Waals surface area (Å²) in [5, 5.41) is 0. The highest BCUT2D eigenvalue weighted by Crippen LogP contribution is 2.29. The minimum absolute atomic E-state index is 0.128. The lowest BCUT2D eigenvalue weighted by Crippen LogP contribution is -2.22. The second-order valence-corrected chi connectivity index (χ2v) is 2.52. The van der Waals surface area contributed by atoms with Crippen LogP contribution in [-0.4, -0.2) is 17.3 Å². The van der Waals surface area contributed by atoms with Gasteiger partial charge in [-0.25, -0.2) is 0 Å². The molecule has 0 radical (unpaired) electrons. The number of carbonyl (C=O) groups excluding carboxylic acids is 3. The third-order valence-corrected chi connectivity index (χ3v) is 1.49. The highest BCUT2D eigenvalue weighted by molar-refractivity contribution is 6.64. The van der Waals surface area contributed by atoms with Gasteiger partial charge >= 0.3 is 0 Å². The Morgan fingerprint density at radius 3 is 2.00 bits per heavy atom. The van der Waals surface area contributed by atoms with Gasteiger partial charge in [0.15, 0.2) is 0 Å². The van der Waals surface area contributed by atoms with E-state index < -0.39 is 17.3 Å². The summed E-state index contributed by atoms with van der Waals surface area (Å²) in [5.74, 6) is -2.09. The Morgan fingerprint density at radius 2 is 1.70 bits per heavy atom. The van der Waals surface area contributed by atoms with E-state index in [1.807, 2.05) is 0 Å². The quantitative estimate of drug-likeness (QED) is 0.413. The molecule has 0 aromatic rings. The van der Waals surface area contributed by atoms with Crippen LogP contribution in [0, 0.1) is 5.92 Å². The molecular formula is C7H8O3. The summed E-state index contributed by atoms with van der Waals surface area (Å²) in [6, 6.07) is 0. The van der Waals surface area contributed by atoms with E-state index in [1.165, 1.54) is 0 Å². The SMILES string of the molecule is CC(=O)C(=O)C(=O)C1CC1. The molecule has 1 fully saturated rings. The van der Waals surface area contributed by atoms with Crippen molar-refractivity contribution in [3.05, 3.63) is 0 Å². The molecule has 0 aromatic heterocycles. The molecule has 0 unspecified atom stereocenters. The molecule has 54 valence electrons. The first kappa shape index (κ1) is 7.12. The molecule has 0 N–H and O–H groups in total. The summed E-state index contributed by atoms with van der Waals surface area (Å²) in [4.78, 5) is 31.7. The minimum Gasteiger partial charge on any atom is -0.291 e. The molecule has 3 heteroatoms. The summed E-state index contributed by atoms with van der Waals surface area (Å²) < 4.78 is 0. The second-order valence-electron chi connectivity index (χ2n) is 2.52. The van der Waals surface area contributed by atoms with E-state index in [0.717, 1.165) is 19.8 Å². The fourth-order valence-corrected chi connectivity index (χ4v) is 0.704. The molecule has 0 bridgehead atoms. The van der Waals surface area contributed by atoms with E-state index in [9.17, 15) is 14.4 Å². The van der Waals surface area contributed by atoms with Crippen LogP contribution in [-0.2, 0) is 14.4 Å². The van der Waals surface area contributed by atoms with Crippen molar-refractivity contribution in [2.75, 3.05) is 0 Å². The Hall–Kier alpha value is -0.990. The fourth-order valence-electron chi connectivity index (χ4n) is 0.704. The van der Waals surface area contributed by atoms with Crippen LogP contribution in [0.4, 0.5) is 0 Å². The maximum Gasteiger partial charge on any atom is 0.264 e. The normalized spacial score (nSPS) is 16.5. The van der Waals surface area contributed by atoms with E-state index in [-0.39, 0.29) is 5.92 Å². The van der Waals surface area contributed by atoms with Crippen LogP contribution in [0.1, 0.15) is 19.8 Å². The van der Waals surface area contributed by atoms with Crippen LogP contribution in [0.3, 0.4) is 0 Å². The van der Waals surface area contributed by atoms with E-state index >= 15 is 0 Å². The van der Waals surface area contributed by atoms with Crippen LogP contribution >= 0.6 is 0 Å². The van der Waals surface area contributed by atoms with Crippen LogP contribution in [0.25, 0.3) is 0 Å². The third kappa shape index (κ3) is 1.29. The summed E-state index contributed by atoms with van der Waals surface area (Å²) in [7, 11) is 0.